The van der Waals surface area contributed by atoms with Crippen LogP contribution in [0.15, 0.2) is 46.2 Å². The van der Waals surface area contributed by atoms with Crippen molar-refractivity contribution in [1.82, 2.24) is 4.31 Å². The highest BCUT2D eigenvalue weighted by molar-refractivity contribution is 7.99. The number of methoxy groups -OCH3 is 1. The number of halogens is 3. The van der Waals surface area contributed by atoms with Crippen molar-refractivity contribution in [2.45, 2.75) is 28.4 Å². The van der Waals surface area contributed by atoms with E-state index in [0.29, 0.717) is 13.1 Å². The van der Waals surface area contributed by atoms with Crippen LogP contribution in [0.25, 0.3) is 0 Å². The Morgan fingerprint density at radius 2 is 1.93 bits per heavy atom. The zero-order valence-corrected chi connectivity index (χ0v) is 18.3. The van der Waals surface area contributed by atoms with Gasteiger partial charge in [0.2, 0.25) is 10.0 Å². The van der Waals surface area contributed by atoms with Gasteiger partial charge in [-0.1, -0.05) is 29.4 Å². The van der Waals surface area contributed by atoms with Crippen LogP contribution in [0.2, 0.25) is 5.02 Å². The lowest BCUT2D eigenvalue weighted by Crippen LogP contribution is -2.28. The first-order valence-electron chi connectivity index (χ1n) is 8.97. The topological polar surface area (TPSA) is 75.7 Å². The Hall–Kier alpha value is -1.88. The van der Waals surface area contributed by atoms with Crippen LogP contribution in [0.1, 0.15) is 23.2 Å². The van der Waals surface area contributed by atoms with Gasteiger partial charge in [-0.25, -0.2) is 8.42 Å². The molecule has 6 nitrogen and oxygen atoms in total. The van der Waals surface area contributed by atoms with Crippen LogP contribution in [0.5, 0.6) is 5.75 Å². The predicted molar refractivity (Wildman–Crippen MR) is 112 cm³/mol. The van der Waals surface area contributed by atoms with E-state index in [9.17, 15) is 22.0 Å². The summed E-state index contributed by atoms with van der Waals surface area (Å²) in [5.74, 6) is -3.26. The molecule has 162 valence electrons. The molecule has 2 aromatic carbocycles. The zero-order valence-electron chi connectivity index (χ0n) is 15.9. The lowest BCUT2D eigenvalue weighted by Gasteiger charge is -2.18. The molecular weight excluding hydrogens is 458 g/mol. The van der Waals surface area contributed by atoms with Crippen LogP contribution in [-0.4, -0.2) is 44.6 Å². The minimum Gasteiger partial charge on any atom is -0.495 e. The quantitative estimate of drug-likeness (QED) is 0.586. The smallest absolute Gasteiger partial charge is 0.289 e. The Kier molecular flexibility index (Phi) is 7.22. The van der Waals surface area contributed by atoms with Crippen LogP contribution in [0.4, 0.5) is 14.5 Å². The molecule has 1 heterocycles. The number of nitrogens with one attached hydrogen (secondary N) is 1. The molecule has 1 N–H and O–H groups in total. The summed E-state index contributed by atoms with van der Waals surface area (Å²) in [6, 6.07) is 8.43. The standard InChI is InChI=1S/C19H19ClF2N2O4S2/c1-28-15-8-7-12(11-16(15)30(26,27)24-9-2-3-10-24)18(25)23-14-6-4-5-13(20)17(14)29-19(21)22/h4-8,11,19H,2-3,9-10H2,1H3,(H,23,25). The summed E-state index contributed by atoms with van der Waals surface area (Å²) < 4.78 is 58.2. The molecule has 0 atom stereocenters. The van der Waals surface area contributed by atoms with Gasteiger partial charge in [-0.3, -0.25) is 4.79 Å². The fourth-order valence-electron chi connectivity index (χ4n) is 3.10. The zero-order chi connectivity index (χ0) is 21.9. The van der Waals surface area contributed by atoms with Crippen LogP contribution < -0.4 is 10.1 Å². The molecule has 0 radical (unpaired) electrons. The first kappa shape index (κ1) is 22.8. The maximum Gasteiger partial charge on any atom is 0.289 e. The molecule has 30 heavy (non-hydrogen) atoms. The van der Waals surface area contributed by atoms with E-state index < -0.39 is 21.7 Å². The number of carbonyl (C=O) groups excluding carboxylic acids is 1. The Bertz CT molecular complexity index is 1040. The van der Waals surface area contributed by atoms with Crippen molar-refractivity contribution in [3.8, 4) is 5.75 Å². The van der Waals surface area contributed by atoms with Gasteiger partial charge in [0, 0.05) is 18.7 Å². The number of hydrogen-bond acceptors (Lipinski definition) is 5. The maximum atomic E-state index is 13.0. The van der Waals surface area contributed by atoms with E-state index in [1.165, 1.54) is 47.8 Å². The van der Waals surface area contributed by atoms with E-state index in [0.717, 1.165) is 12.8 Å². The number of benzene rings is 2. The van der Waals surface area contributed by atoms with E-state index in [2.05, 4.69) is 5.32 Å². The third-order valence-electron chi connectivity index (χ3n) is 4.53. The lowest BCUT2D eigenvalue weighted by molar-refractivity contribution is 0.102. The summed E-state index contributed by atoms with van der Waals surface area (Å²) in [7, 11) is -2.49. The number of thioether (sulfide) groups is 1. The van der Waals surface area contributed by atoms with Crippen molar-refractivity contribution in [2.75, 3.05) is 25.5 Å². The van der Waals surface area contributed by atoms with Gasteiger partial charge in [0.1, 0.15) is 10.6 Å². The van der Waals surface area contributed by atoms with E-state index >= 15 is 0 Å². The first-order chi connectivity index (χ1) is 14.2. The largest absolute Gasteiger partial charge is 0.495 e. The molecule has 3 rings (SSSR count). The lowest BCUT2D eigenvalue weighted by atomic mass is 10.2. The normalized spacial score (nSPS) is 14.8. The number of anilines is 1. The third kappa shape index (κ3) is 4.88. The molecule has 1 fully saturated rings. The molecular formula is C19H19ClF2N2O4S2. The van der Waals surface area contributed by atoms with Gasteiger partial charge < -0.3 is 10.1 Å². The number of hydrogen-bond donors (Lipinski definition) is 1. The second-order valence-corrected chi connectivity index (χ2v) is 9.74. The summed E-state index contributed by atoms with van der Waals surface area (Å²) in [6.07, 6.45) is 1.53. The van der Waals surface area contributed by atoms with Crippen LogP contribution in [0, 0.1) is 0 Å². The number of amides is 1. The molecule has 0 aromatic heterocycles. The summed E-state index contributed by atoms with van der Waals surface area (Å²) in [5, 5.41) is 2.61. The molecule has 1 saturated heterocycles. The number of sulfonamides is 1. The monoisotopic (exact) mass is 476 g/mol. The summed E-state index contributed by atoms with van der Waals surface area (Å²) in [5.41, 5.74) is 0.152. The highest BCUT2D eigenvalue weighted by Gasteiger charge is 2.30. The number of alkyl halides is 2. The van der Waals surface area contributed by atoms with Gasteiger partial charge in [0.25, 0.3) is 11.7 Å². The minimum atomic E-state index is -3.84. The molecule has 0 aliphatic carbocycles. The third-order valence-corrected chi connectivity index (χ3v) is 7.73. The molecule has 0 bridgehead atoms. The second-order valence-electron chi connectivity index (χ2n) is 6.43. The average molecular weight is 477 g/mol. The Labute approximate surface area is 182 Å². The second kappa shape index (κ2) is 9.51. The highest BCUT2D eigenvalue weighted by atomic mass is 35.5. The number of nitrogens with zero attached hydrogens (tertiary/aromatic N) is 1. The summed E-state index contributed by atoms with van der Waals surface area (Å²) in [4.78, 5) is 12.7. The molecule has 0 unspecified atom stereocenters. The molecule has 0 saturated carbocycles. The fraction of sp³-hybridized carbons (Fsp3) is 0.316. The van der Waals surface area contributed by atoms with Crippen molar-refractivity contribution in [3.05, 3.63) is 47.0 Å². The van der Waals surface area contributed by atoms with Gasteiger partial charge in [0.15, 0.2) is 0 Å². The van der Waals surface area contributed by atoms with Crippen LogP contribution >= 0.6 is 23.4 Å². The van der Waals surface area contributed by atoms with Gasteiger partial charge in [-0.2, -0.15) is 13.1 Å². The Morgan fingerprint density at radius 3 is 2.57 bits per heavy atom. The number of carbonyl (C=O) groups is 1. The van der Waals surface area contributed by atoms with Crippen molar-refractivity contribution >= 4 is 45.0 Å². The number of ether oxygens (including phenoxy) is 1. The first-order valence-corrected chi connectivity index (χ1v) is 11.7. The van der Waals surface area contributed by atoms with Crippen LogP contribution in [0.3, 0.4) is 0 Å². The van der Waals surface area contributed by atoms with Crippen molar-refractivity contribution in [1.29, 1.82) is 0 Å². The molecule has 11 heteroatoms. The summed E-state index contributed by atoms with van der Waals surface area (Å²) in [6.45, 7) is 0.803. The minimum absolute atomic E-state index is 0.0286. The van der Waals surface area contributed by atoms with Crippen molar-refractivity contribution < 1.29 is 26.7 Å². The summed E-state index contributed by atoms with van der Waals surface area (Å²) >= 11 is 6.21. The molecule has 1 amide bonds. The van der Waals surface area contributed by atoms with Gasteiger partial charge >= 0.3 is 0 Å². The van der Waals surface area contributed by atoms with E-state index in [1.54, 1.807) is 0 Å². The van der Waals surface area contributed by atoms with E-state index in [1.807, 2.05) is 0 Å². The fourth-order valence-corrected chi connectivity index (χ4v) is 5.71. The molecule has 0 spiro atoms. The maximum absolute atomic E-state index is 13.0. The van der Waals surface area contributed by atoms with Crippen molar-refractivity contribution in [3.63, 3.8) is 0 Å². The SMILES string of the molecule is COc1ccc(C(=O)Nc2cccc(Cl)c2SC(F)F)cc1S(=O)(=O)N1CCCC1. The van der Waals surface area contributed by atoms with Crippen molar-refractivity contribution in [2.24, 2.45) is 0 Å². The van der Waals surface area contributed by atoms with Gasteiger partial charge in [-0.15, -0.1) is 0 Å². The molecule has 1 aliphatic heterocycles. The van der Waals surface area contributed by atoms with Crippen LogP contribution in [-0.2, 0) is 10.0 Å². The highest BCUT2D eigenvalue weighted by Crippen LogP contribution is 2.38. The number of rotatable bonds is 7. The Morgan fingerprint density at radius 1 is 1.23 bits per heavy atom. The predicted octanol–water partition coefficient (Wildman–Crippen LogP) is 4.70. The van der Waals surface area contributed by atoms with E-state index in [-0.39, 0.29) is 43.6 Å². The molecule has 2 aromatic rings. The van der Waals surface area contributed by atoms with Gasteiger partial charge in [-0.05, 0) is 43.2 Å². The van der Waals surface area contributed by atoms with E-state index in [4.69, 9.17) is 16.3 Å². The van der Waals surface area contributed by atoms with Gasteiger partial charge in [0.05, 0.1) is 22.7 Å². The molecule has 1 aliphatic rings. The average Bonchev–Trinajstić information content (AvgIpc) is 3.25. The Balaban J connectivity index is 1.94.